The third kappa shape index (κ3) is 4.06. The summed E-state index contributed by atoms with van der Waals surface area (Å²) >= 11 is 0. The number of nitrogens with one attached hydrogen (secondary N) is 2. The topological polar surface area (TPSA) is 58.2 Å². The van der Waals surface area contributed by atoms with Gasteiger partial charge in [-0.1, -0.05) is 38.8 Å². The maximum absolute atomic E-state index is 13.7. The zero-order valence-electron chi connectivity index (χ0n) is 13.1. The quantitative estimate of drug-likeness (QED) is 0.878. The average Bonchev–Trinajstić information content (AvgIpc) is 2.97. The fraction of sp³-hybridized carbons (Fsp3) is 0.529. The number of hydrogen-bond donors (Lipinski definition) is 2. The average molecular weight is 306 g/mol. The molecule has 0 bridgehead atoms. The minimum absolute atomic E-state index is 0.0400. The molecule has 1 aromatic carbocycles. The van der Waals surface area contributed by atoms with E-state index in [-0.39, 0.29) is 23.4 Å². The second kappa shape index (κ2) is 7.38. The second-order valence-corrected chi connectivity index (χ2v) is 6.16. The molecule has 2 N–H and O–H groups in total. The Morgan fingerprint density at radius 3 is 2.41 bits per heavy atom. The van der Waals surface area contributed by atoms with Gasteiger partial charge in [0.05, 0.1) is 5.56 Å². The van der Waals surface area contributed by atoms with Crippen molar-refractivity contribution in [3.63, 3.8) is 0 Å². The van der Waals surface area contributed by atoms with Crippen molar-refractivity contribution in [3.8, 4) is 0 Å². The Labute approximate surface area is 130 Å². The van der Waals surface area contributed by atoms with E-state index in [4.69, 9.17) is 0 Å². The van der Waals surface area contributed by atoms with E-state index in [1.54, 1.807) is 6.07 Å². The fourth-order valence-electron chi connectivity index (χ4n) is 2.76. The van der Waals surface area contributed by atoms with E-state index in [2.05, 4.69) is 10.6 Å². The fourth-order valence-corrected chi connectivity index (χ4v) is 2.76. The molecule has 0 saturated heterocycles. The smallest absolute Gasteiger partial charge is 0.254 e. The van der Waals surface area contributed by atoms with Crippen molar-refractivity contribution in [2.75, 3.05) is 0 Å². The van der Waals surface area contributed by atoms with Crippen LogP contribution in [0.4, 0.5) is 4.39 Å². The largest absolute Gasteiger partial charge is 0.352 e. The summed E-state index contributed by atoms with van der Waals surface area (Å²) in [5.41, 5.74) is -0.0400. The molecule has 1 atom stereocenters. The zero-order valence-corrected chi connectivity index (χ0v) is 13.1. The van der Waals surface area contributed by atoms with Crippen molar-refractivity contribution in [1.82, 2.24) is 10.6 Å². The summed E-state index contributed by atoms with van der Waals surface area (Å²) in [5, 5.41) is 5.64. The Hall–Kier alpha value is -1.91. The molecule has 0 aromatic heterocycles. The molecule has 1 aliphatic carbocycles. The Morgan fingerprint density at radius 2 is 1.82 bits per heavy atom. The summed E-state index contributed by atoms with van der Waals surface area (Å²) in [4.78, 5) is 24.6. The van der Waals surface area contributed by atoms with Gasteiger partial charge in [-0.15, -0.1) is 0 Å². The molecule has 1 aliphatic rings. The summed E-state index contributed by atoms with van der Waals surface area (Å²) in [6.07, 6.45) is 4.22. The van der Waals surface area contributed by atoms with Crippen LogP contribution in [0.25, 0.3) is 0 Å². The lowest BCUT2D eigenvalue weighted by Gasteiger charge is -2.24. The summed E-state index contributed by atoms with van der Waals surface area (Å²) in [7, 11) is 0. The van der Waals surface area contributed by atoms with Crippen LogP contribution in [-0.2, 0) is 4.79 Å². The van der Waals surface area contributed by atoms with E-state index in [9.17, 15) is 14.0 Å². The predicted octanol–water partition coefficient (Wildman–Crippen LogP) is 2.64. The van der Waals surface area contributed by atoms with Gasteiger partial charge in [-0.2, -0.15) is 0 Å². The predicted molar refractivity (Wildman–Crippen MR) is 82.9 cm³/mol. The van der Waals surface area contributed by atoms with Gasteiger partial charge in [-0.3, -0.25) is 9.59 Å². The molecule has 1 fully saturated rings. The number of hydrogen-bond acceptors (Lipinski definition) is 2. The first kappa shape index (κ1) is 16.5. The maximum Gasteiger partial charge on any atom is 0.254 e. The molecule has 1 saturated carbocycles. The monoisotopic (exact) mass is 306 g/mol. The normalized spacial score (nSPS) is 16.5. The highest BCUT2D eigenvalue weighted by Gasteiger charge is 2.28. The minimum atomic E-state index is -0.660. The zero-order chi connectivity index (χ0) is 16.1. The molecule has 0 radical (unpaired) electrons. The van der Waals surface area contributed by atoms with E-state index in [0.717, 1.165) is 25.7 Å². The van der Waals surface area contributed by atoms with Crippen LogP contribution < -0.4 is 10.6 Å². The van der Waals surface area contributed by atoms with E-state index in [1.165, 1.54) is 18.2 Å². The first-order valence-corrected chi connectivity index (χ1v) is 7.85. The highest BCUT2D eigenvalue weighted by atomic mass is 19.1. The molecule has 120 valence electrons. The number of carbonyl (C=O) groups is 2. The molecule has 2 rings (SSSR count). The van der Waals surface area contributed by atoms with E-state index >= 15 is 0 Å². The van der Waals surface area contributed by atoms with Crippen LogP contribution in [0, 0.1) is 11.7 Å². The third-order valence-electron chi connectivity index (χ3n) is 4.06. The Morgan fingerprint density at radius 1 is 1.18 bits per heavy atom. The Kier molecular flexibility index (Phi) is 5.52. The lowest BCUT2D eigenvalue weighted by Crippen LogP contribution is -2.51. The lowest BCUT2D eigenvalue weighted by molar-refractivity contribution is -0.124. The van der Waals surface area contributed by atoms with Crippen LogP contribution in [0.5, 0.6) is 0 Å². The number of carbonyl (C=O) groups excluding carboxylic acids is 2. The number of benzene rings is 1. The van der Waals surface area contributed by atoms with Crippen LogP contribution in [0.1, 0.15) is 49.9 Å². The van der Waals surface area contributed by atoms with Crippen LogP contribution in [-0.4, -0.2) is 23.9 Å². The molecular weight excluding hydrogens is 283 g/mol. The number of halogens is 1. The highest BCUT2D eigenvalue weighted by Crippen LogP contribution is 2.18. The van der Waals surface area contributed by atoms with Gasteiger partial charge < -0.3 is 10.6 Å². The van der Waals surface area contributed by atoms with Gasteiger partial charge in [-0.25, -0.2) is 4.39 Å². The van der Waals surface area contributed by atoms with Crippen LogP contribution >= 0.6 is 0 Å². The molecule has 0 spiro atoms. The summed E-state index contributed by atoms with van der Waals surface area (Å²) < 4.78 is 13.7. The Bertz CT molecular complexity index is 539. The molecule has 5 heteroatoms. The van der Waals surface area contributed by atoms with Crippen LogP contribution in [0.15, 0.2) is 24.3 Å². The van der Waals surface area contributed by atoms with Gasteiger partial charge in [0.2, 0.25) is 5.91 Å². The molecule has 22 heavy (non-hydrogen) atoms. The van der Waals surface area contributed by atoms with Gasteiger partial charge in [-0.05, 0) is 30.9 Å². The minimum Gasteiger partial charge on any atom is -0.352 e. The van der Waals surface area contributed by atoms with Crippen molar-refractivity contribution in [1.29, 1.82) is 0 Å². The van der Waals surface area contributed by atoms with Crippen LogP contribution in [0.3, 0.4) is 0 Å². The van der Waals surface area contributed by atoms with Gasteiger partial charge in [0.25, 0.3) is 5.91 Å². The van der Waals surface area contributed by atoms with Crippen molar-refractivity contribution >= 4 is 11.8 Å². The van der Waals surface area contributed by atoms with Gasteiger partial charge >= 0.3 is 0 Å². The van der Waals surface area contributed by atoms with Gasteiger partial charge in [0.15, 0.2) is 0 Å². The van der Waals surface area contributed by atoms with E-state index < -0.39 is 17.8 Å². The van der Waals surface area contributed by atoms with Gasteiger partial charge in [0, 0.05) is 6.04 Å². The molecule has 2 amide bonds. The first-order valence-electron chi connectivity index (χ1n) is 7.85. The maximum atomic E-state index is 13.7. The summed E-state index contributed by atoms with van der Waals surface area (Å²) in [6, 6.07) is 5.31. The molecular formula is C17H23FN2O2. The number of amides is 2. The summed E-state index contributed by atoms with van der Waals surface area (Å²) in [5.74, 6) is -1.40. The molecule has 1 aromatic rings. The molecule has 0 aliphatic heterocycles. The molecule has 4 nitrogen and oxygen atoms in total. The number of rotatable bonds is 5. The van der Waals surface area contributed by atoms with Crippen molar-refractivity contribution < 1.29 is 14.0 Å². The first-order chi connectivity index (χ1) is 10.5. The Balaban J connectivity index is 2.03. The van der Waals surface area contributed by atoms with Crippen molar-refractivity contribution in [2.45, 2.75) is 51.6 Å². The standard InChI is InChI=1S/C17H23FN2O2/c1-11(2)15(17(22)19-12-7-3-4-8-12)20-16(21)13-9-5-6-10-14(13)18/h5-6,9-12,15H,3-4,7-8H2,1-2H3,(H,19,22)(H,20,21). The second-order valence-electron chi connectivity index (χ2n) is 6.16. The summed E-state index contributed by atoms with van der Waals surface area (Å²) in [6.45, 7) is 3.72. The van der Waals surface area contributed by atoms with E-state index in [0.29, 0.717) is 0 Å². The highest BCUT2D eigenvalue weighted by molar-refractivity contribution is 5.97. The van der Waals surface area contributed by atoms with Crippen molar-refractivity contribution in [2.24, 2.45) is 5.92 Å². The molecule has 1 unspecified atom stereocenters. The SMILES string of the molecule is CC(C)C(NC(=O)c1ccccc1F)C(=O)NC1CCCC1. The van der Waals surface area contributed by atoms with Crippen LogP contribution in [0.2, 0.25) is 0 Å². The molecule has 0 heterocycles. The van der Waals surface area contributed by atoms with Gasteiger partial charge in [0.1, 0.15) is 11.9 Å². The third-order valence-corrected chi connectivity index (χ3v) is 4.06. The van der Waals surface area contributed by atoms with E-state index in [1.807, 2.05) is 13.8 Å². The van der Waals surface area contributed by atoms with Crippen molar-refractivity contribution in [3.05, 3.63) is 35.6 Å². The lowest BCUT2D eigenvalue weighted by atomic mass is 10.0.